The van der Waals surface area contributed by atoms with Crippen molar-refractivity contribution in [3.8, 4) is 5.75 Å². The molecule has 4 nitrogen and oxygen atoms in total. The van der Waals surface area contributed by atoms with E-state index in [2.05, 4.69) is 36.3 Å². The third-order valence-corrected chi connectivity index (χ3v) is 3.55. The smallest absolute Gasteiger partial charge is 0.193 e. The normalized spacial score (nSPS) is 14.2. The van der Waals surface area contributed by atoms with Crippen LogP contribution in [0.25, 0.3) is 0 Å². The standard InChI is InChI=1S/C17H27N3O.HI/c1-4-18-17(19-12-14-6-7-14)20(3)13-15-8-10-16(11-9-15)21-5-2;/h8-11,14H,4-7,12-13H2,1-3H3,(H,18,19);1H. The maximum atomic E-state index is 5.47. The molecule has 0 unspecified atom stereocenters. The predicted molar refractivity (Wildman–Crippen MR) is 103 cm³/mol. The van der Waals surface area contributed by atoms with E-state index in [-0.39, 0.29) is 24.0 Å². The van der Waals surface area contributed by atoms with Crippen LogP contribution >= 0.6 is 24.0 Å². The monoisotopic (exact) mass is 417 g/mol. The van der Waals surface area contributed by atoms with Crippen LogP contribution in [0.5, 0.6) is 5.75 Å². The molecule has 1 aromatic rings. The van der Waals surface area contributed by atoms with Gasteiger partial charge in [-0.3, -0.25) is 4.99 Å². The molecule has 0 radical (unpaired) electrons. The fourth-order valence-corrected chi connectivity index (χ4v) is 2.19. The molecule has 0 aromatic heterocycles. The summed E-state index contributed by atoms with van der Waals surface area (Å²) in [6.07, 6.45) is 2.68. The largest absolute Gasteiger partial charge is 0.494 e. The molecule has 1 fully saturated rings. The lowest BCUT2D eigenvalue weighted by Gasteiger charge is -2.22. The Morgan fingerprint density at radius 2 is 1.95 bits per heavy atom. The highest BCUT2D eigenvalue weighted by Crippen LogP contribution is 2.28. The van der Waals surface area contributed by atoms with Gasteiger partial charge in [0.2, 0.25) is 0 Å². The van der Waals surface area contributed by atoms with Crippen LogP contribution in [0.4, 0.5) is 0 Å². The Bertz CT molecular complexity index is 457. The number of nitrogens with one attached hydrogen (secondary N) is 1. The van der Waals surface area contributed by atoms with Gasteiger partial charge in [0.15, 0.2) is 5.96 Å². The van der Waals surface area contributed by atoms with Crippen molar-refractivity contribution in [3.63, 3.8) is 0 Å². The highest BCUT2D eigenvalue weighted by Gasteiger charge is 2.21. The number of rotatable bonds is 7. The Balaban J connectivity index is 0.00000242. The molecule has 0 saturated heterocycles. The van der Waals surface area contributed by atoms with E-state index in [1.807, 2.05) is 19.1 Å². The van der Waals surface area contributed by atoms with E-state index >= 15 is 0 Å². The summed E-state index contributed by atoms with van der Waals surface area (Å²) in [5.41, 5.74) is 1.26. The minimum atomic E-state index is 0. The van der Waals surface area contributed by atoms with Crippen molar-refractivity contribution in [2.45, 2.75) is 33.2 Å². The van der Waals surface area contributed by atoms with Gasteiger partial charge < -0.3 is 15.0 Å². The van der Waals surface area contributed by atoms with Gasteiger partial charge >= 0.3 is 0 Å². The number of benzene rings is 1. The van der Waals surface area contributed by atoms with Crippen molar-refractivity contribution in [3.05, 3.63) is 29.8 Å². The Morgan fingerprint density at radius 3 is 2.50 bits per heavy atom. The van der Waals surface area contributed by atoms with Crippen LogP contribution in [-0.4, -0.2) is 37.6 Å². The summed E-state index contributed by atoms with van der Waals surface area (Å²) in [6.45, 7) is 7.52. The number of nitrogens with zero attached hydrogens (tertiary/aromatic N) is 2. The first-order valence-corrected chi connectivity index (χ1v) is 7.94. The number of guanidine groups is 1. The van der Waals surface area contributed by atoms with Crippen LogP contribution in [-0.2, 0) is 6.54 Å². The van der Waals surface area contributed by atoms with Gasteiger partial charge in [0.05, 0.1) is 6.61 Å². The zero-order valence-corrected chi connectivity index (χ0v) is 16.2. The van der Waals surface area contributed by atoms with Crippen LogP contribution in [0.3, 0.4) is 0 Å². The molecule has 0 heterocycles. The molecule has 2 rings (SSSR count). The third kappa shape index (κ3) is 6.42. The maximum absolute atomic E-state index is 5.47. The fourth-order valence-electron chi connectivity index (χ4n) is 2.19. The van der Waals surface area contributed by atoms with Gasteiger partial charge in [-0.15, -0.1) is 24.0 Å². The number of hydrogen-bond donors (Lipinski definition) is 1. The van der Waals surface area contributed by atoms with Crippen molar-refractivity contribution in [2.24, 2.45) is 10.9 Å². The number of halogens is 1. The van der Waals surface area contributed by atoms with Crippen LogP contribution in [0, 0.1) is 5.92 Å². The van der Waals surface area contributed by atoms with Gasteiger partial charge in [0.25, 0.3) is 0 Å². The van der Waals surface area contributed by atoms with Crippen molar-refractivity contribution in [1.82, 2.24) is 10.2 Å². The average Bonchev–Trinajstić information content (AvgIpc) is 3.30. The Hall–Kier alpha value is -0.980. The molecule has 1 N–H and O–H groups in total. The molecule has 0 aliphatic heterocycles. The molecule has 1 saturated carbocycles. The number of hydrogen-bond acceptors (Lipinski definition) is 2. The molecule has 0 atom stereocenters. The molecule has 0 spiro atoms. The molecule has 124 valence electrons. The van der Waals surface area contributed by atoms with Crippen LogP contribution in [0.2, 0.25) is 0 Å². The first-order chi connectivity index (χ1) is 10.2. The van der Waals surface area contributed by atoms with Gasteiger partial charge in [-0.25, -0.2) is 0 Å². The lowest BCUT2D eigenvalue weighted by Crippen LogP contribution is -2.38. The second-order valence-corrected chi connectivity index (χ2v) is 5.57. The molecule has 1 aliphatic rings. The maximum Gasteiger partial charge on any atom is 0.193 e. The molecule has 1 aliphatic carbocycles. The van der Waals surface area contributed by atoms with Crippen LogP contribution in [0.15, 0.2) is 29.3 Å². The Morgan fingerprint density at radius 1 is 1.27 bits per heavy atom. The van der Waals surface area contributed by atoms with Gasteiger partial charge in [-0.1, -0.05) is 12.1 Å². The molecule has 5 heteroatoms. The van der Waals surface area contributed by atoms with E-state index in [0.717, 1.165) is 37.3 Å². The summed E-state index contributed by atoms with van der Waals surface area (Å²) < 4.78 is 5.47. The van der Waals surface area contributed by atoms with E-state index in [0.29, 0.717) is 6.61 Å². The summed E-state index contributed by atoms with van der Waals surface area (Å²) in [5, 5.41) is 3.37. The van der Waals surface area contributed by atoms with Crippen molar-refractivity contribution in [1.29, 1.82) is 0 Å². The summed E-state index contributed by atoms with van der Waals surface area (Å²) in [6, 6.07) is 8.29. The van der Waals surface area contributed by atoms with Crippen molar-refractivity contribution in [2.75, 3.05) is 26.7 Å². The van der Waals surface area contributed by atoms with Gasteiger partial charge in [0.1, 0.15) is 5.75 Å². The minimum Gasteiger partial charge on any atom is -0.494 e. The van der Waals surface area contributed by atoms with E-state index in [1.165, 1.54) is 18.4 Å². The van der Waals surface area contributed by atoms with E-state index in [9.17, 15) is 0 Å². The molecular formula is C17H28IN3O. The quantitative estimate of drug-likeness (QED) is 0.419. The third-order valence-electron chi connectivity index (χ3n) is 3.55. The zero-order valence-electron chi connectivity index (χ0n) is 13.8. The molecule has 22 heavy (non-hydrogen) atoms. The molecular weight excluding hydrogens is 389 g/mol. The number of aliphatic imine (C=N–C) groups is 1. The van der Waals surface area contributed by atoms with Crippen molar-refractivity contribution < 1.29 is 4.74 Å². The SMILES string of the molecule is CCNC(=NCC1CC1)N(C)Cc1ccc(OCC)cc1.I. The highest BCUT2D eigenvalue weighted by molar-refractivity contribution is 14.0. The lowest BCUT2D eigenvalue weighted by atomic mass is 10.2. The van der Waals surface area contributed by atoms with E-state index < -0.39 is 0 Å². The van der Waals surface area contributed by atoms with Gasteiger partial charge in [-0.05, 0) is 50.3 Å². The van der Waals surface area contributed by atoms with E-state index in [4.69, 9.17) is 9.73 Å². The minimum absolute atomic E-state index is 0. The summed E-state index contributed by atoms with van der Waals surface area (Å²) in [4.78, 5) is 6.91. The van der Waals surface area contributed by atoms with Gasteiger partial charge in [-0.2, -0.15) is 0 Å². The van der Waals surface area contributed by atoms with Gasteiger partial charge in [0, 0.05) is 26.7 Å². The summed E-state index contributed by atoms with van der Waals surface area (Å²) in [7, 11) is 2.09. The topological polar surface area (TPSA) is 36.9 Å². The first-order valence-electron chi connectivity index (χ1n) is 7.94. The molecule has 0 amide bonds. The van der Waals surface area contributed by atoms with E-state index in [1.54, 1.807) is 0 Å². The molecule has 1 aromatic carbocycles. The average molecular weight is 417 g/mol. The summed E-state index contributed by atoms with van der Waals surface area (Å²) >= 11 is 0. The lowest BCUT2D eigenvalue weighted by molar-refractivity contribution is 0.340. The Labute approximate surface area is 151 Å². The van der Waals surface area contributed by atoms with Crippen LogP contribution in [0.1, 0.15) is 32.3 Å². The summed E-state index contributed by atoms with van der Waals surface area (Å²) in [5.74, 6) is 2.74. The van der Waals surface area contributed by atoms with Crippen LogP contribution < -0.4 is 10.1 Å². The number of ether oxygens (including phenoxy) is 1. The second-order valence-electron chi connectivity index (χ2n) is 5.57. The fraction of sp³-hybridized carbons (Fsp3) is 0.588. The predicted octanol–water partition coefficient (Wildman–Crippen LogP) is 3.51. The zero-order chi connectivity index (χ0) is 15.1. The van der Waals surface area contributed by atoms with Crippen molar-refractivity contribution >= 4 is 29.9 Å². The molecule has 0 bridgehead atoms. The highest BCUT2D eigenvalue weighted by atomic mass is 127. The first kappa shape index (κ1) is 19.1. The Kier molecular flexibility index (Phi) is 8.60. The second kappa shape index (κ2) is 9.92.